The van der Waals surface area contributed by atoms with Crippen LogP contribution in [0.4, 0.5) is 17.1 Å². The lowest BCUT2D eigenvalue weighted by molar-refractivity contribution is -0.383. The summed E-state index contributed by atoms with van der Waals surface area (Å²) in [5.41, 5.74) is 5.84. The van der Waals surface area contributed by atoms with Crippen LogP contribution in [-0.4, -0.2) is 23.9 Å². The number of hydrogen-bond donors (Lipinski definition) is 2. The fourth-order valence-corrected chi connectivity index (χ4v) is 2.81. The maximum atomic E-state index is 13.0. The molecule has 1 amide bonds. The van der Waals surface area contributed by atoms with Gasteiger partial charge in [0.2, 0.25) is 6.10 Å². The minimum Gasteiger partial charge on any atom is -0.497 e. The summed E-state index contributed by atoms with van der Waals surface area (Å²) in [4.78, 5) is 36.0. The highest BCUT2D eigenvalue weighted by atomic mass is 16.6. The van der Waals surface area contributed by atoms with Gasteiger partial charge in [0.05, 0.1) is 17.6 Å². The first-order valence-corrected chi connectivity index (χ1v) is 9.14. The van der Waals surface area contributed by atoms with Gasteiger partial charge in [-0.15, -0.1) is 0 Å². The second-order valence-corrected chi connectivity index (χ2v) is 6.45. The Morgan fingerprint density at radius 2 is 1.77 bits per heavy atom. The Kier molecular flexibility index (Phi) is 6.46. The molecule has 0 spiro atoms. The maximum absolute atomic E-state index is 13.0. The van der Waals surface area contributed by atoms with Gasteiger partial charge in [-0.1, -0.05) is 36.4 Å². The third-order valence-corrected chi connectivity index (χ3v) is 4.37. The number of esters is 1. The third-order valence-electron chi connectivity index (χ3n) is 4.37. The van der Waals surface area contributed by atoms with Crippen molar-refractivity contribution < 1.29 is 24.0 Å². The van der Waals surface area contributed by atoms with E-state index in [-0.39, 0.29) is 11.3 Å². The lowest BCUT2D eigenvalue weighted by atomic mass is 10.1. The number of ether oxygens (including phenoxy) is 2. The van der Waals surface area contributed by atoms with Crippen LogP contribution in [0, 0.1) is 10.1 Å². The maximum Gasteiger partial charge on any atom is 0.339 e. The number of benzene rings is 3. The molecule has 3 aromatic rings. The Bertz CT molecular complexity index is 1120. The summed E-state index contributed by atoms with van der Waals surface area (Å²) < 4.78 is 10.6. The highest BCUT2D eigenvalue weighted by molar-refractivity contribution is 5.98. The summed E-state index contributed by atoms with van der Waals surface area (Å²) in [6, 6.07) is 18.7. The predicted molar refractivity (Wildman–Crippen MR) is 114 cm³/mol. The van der Waals surface area contributed by atoms with E-state index in [4.69, 9.17) is 15.2 Å². The van der Waals surface area contributed by atoms with Crippen molar-refractivity contribution in [2.45, 2.75) is 6.10 Å². The number of carbonyl (C=O) groups is 2. The van der Waals surface area contributed by atoms with E-state index in [0.29, 0.717) is 17.0 Å². The molecule has 0 bridgehead atoms. The quantitative estimate of drug-likeness (QED) is 0.257. The standard InChI is InChI=1S/C22H19N3O6/c1-30-17-9-5-8-16(13-17)24-21(26)20(14-6-3-2-4-7-14)31-22(27)15-10-11-18(23)19(12-15)25(28)29/h2-13,20H,23H2,1H3,(H,24,26). The molecule has 0 aliphatic rings. The molecule has 3 N–H and O–H groups in total. The molecule has 1 atom stereocenters. The lowest BCUT2D eigenvalue weighted by Gasteiger charge is -2.18. The Balaban J connectivity index is 1.87. The van der Waals surface area contributed by atoms with Crippen molar-refractivity contribution in [1.29, 1.82) is 0 Å². The molecule has 9 nitrogen and oxygen atoms in total. The van der Waals surface area contributed by atoms with Crippen LogP contribution in [0.5, 0.6) is 5.75 Å². The van der Waals surface area contributed by atoms with Gasteiger partial charge in [-0.05, 0) is 24.3 Å². The molecule has 31 heavy (non-hydrogen) atoms. The first-order valence-electron chi connectivity index (χ1n) is 9.14. The van der Waals surface area contributed by atoms with Gasteiger partial charge in [0.1, 0.15) is 11.4 Å². The van der Waals surface area contributed by atoms with E-state index in [9.17, 15) is 19.7 Å². The zero-order valence-electron chi connectivity index (χ0n) is 16.5. The summed E-state index contributed by atoms with van der Waals surface area (Å²) in [5, 5.41) is 13.8. The summed E-state index contributed by atoms with van der Waals surface area (Å²) in [6.07, 6.45) is -1.29. The van der Waals surface area contributed by atoms with Crippen molar-refractivity contribution in [1.82, 2.24) is 0 Å². The van der Waals surface area contributed by atoms with Gasteiger partial charge in [-0.2, -0.15) is 0 Å². The number of nitro groups is 1. The van der Waals surface area contributed by atoms with Crippen LogP contribution in [0.25, 0.3) is 0 Å². The normalized spacial score (nSPS) is 11.3. The first-order chi connectivity index (χ1) is 14.9. The van der Waals surface area contributed by atoms with E-state index in [1.165, 1.54) is 19.2 Å². The van der Waals surface area contributed by atoms with E-state index >= 15 is 0 Å². The summed E-state index contributed by atoms with van der Waals surface area (Å²) >= 11 is 0. The SMILES string of the molecule is COc1cccc(NC(=O)C(OC(=O)c2ccc(N)c([N+](=O)[O-])c2)c2ccccc2)c1. The van der Waals surface area contributed by atoms with Crippen LogP contribution >= 0.6 is 0 Å². The Morgan fingerprint density at radius 1 is 1.03 bits per heavy atom. The summed E-state index contributed by atoms with van der Waals surface area (Å²) in [6.45, 7) is 0. The molecule has 1 unspecified atom stereocenters. The molecule has 3 aromatic carbocycles. The van der Waals surface area contributed by atoms with Crippen molar-refractivity contribution >= 4 is 28.9 Å². The van der Waals surface area contributed by atoms with Crippen molar-refractivity contribution in [3.05, 3.63) is 94.0 Å². The highest BCUT2D eigenvalue weighted by Crippen LogP contribution is 2.26. The van der Waals surface area contributed by atoms with Gasteiger partial charge in [0.15, 0.2) is 0 Å². The Hall–Kier alpha value is -4.40. The number of nitrogen functional groups attached to an aromatic ring is 1. The van der Waals surface area contributed by atoms with Crippen LogP contribution in [0.15, 0.2) is 72.8 Å². The van der Waals surface area contributed by atoms with Crippen LogP contribution in [0.3, 0.4) is 0 Å². The molecule has 0 fully saturated rings. The summed E-state index contributed by atoms with van der Waals surface area (Å²) in [5.74, 6) is -0.962. The molecule has 3 rings (SSSR count). The highest BCUT2D eigenvalue weighted by Gasteiger charge is 2.27. The van der Waals surface area contributed by atoms with Crippen molar-refractivity contribution in [2.75, 3.05) is 18.2 Å². The average molecular weight is 421 g/mol. The Morgan fingerprint density at radius 3 is 2.45 bits per heavy atom. The first kappa shape index (κ1) is 21.3. The molecule has 0 radical (unpaired) electrons. The van der Waals surface area contributed by atoms with Crippen LogP contribution in [-0.2, 0) is 9.53 Å². The minimum absolute atomic E-state index is 0.0862. The summed E-state index contributed by atoms with van der Waals surface area (Å²) in [7, 11) is 1.50. The van der Waals surface area contributed by atoms with Gasteiger partial charge < -0.3 is 20.5 Å². The van der Waals surface area contributed by atoms with E-state index in [2.05, 4.69) is 5.32 Å². The number of anilines is 2. The smallest absolute Gasteiger partial charge is 0.339 e. The fourth-order valence-electron chi connectivity index (χ4n) is 2.81. The molecule has 0 aliphatic heterocycles. The molecular formula is C22H19N3O6. The zero-order valence-corrected chi connectivity index (χ0v) is 16.5. The third kappa shape index (κ3) is 5.15. The molecule has 158 valence electrons. The monoisotopic (exact) mass is 421 g/mol. The number of rotatable bonds is 7. The number of methoxy groups -OCH3 is 1. The molecule has 0 saturated carbocycles. The number of nitrogens with zero attached hydrogens (tertiary/aromatic N) is 1. The van der Waals surface area contributed by atoms with E-state index in [1.54, 1.807) is 54.6 Å². The van der Waals surface area contributed by atoms with Crippen LogP contribution in [0.1, 0.15) is 22.0 Å². The van der Waals surface area contributed by atoms with Crippen molar-refractivity contribution in [2.24, 2.45) is 0 Å². The van der Waals surface area contributed by atoms with Crippen LogP contribution < -0.4 is 15.8 Å². The van der Waals surface area contributed by atoms with Crippen LogP contribution in [0.2, 0.25) is 0 Å². The number of carbonyl (C=O) groups excluding carboxylic acids is 2. The molecule has 0 heterocycles. The molecular weight excluding hydrogens is 402 g/mol. The van der Waals surface area contributed by atoms with Gasteiger partial charge >= 0.3 is 5.97 Å². The van der Waals surface area contributed by atoms with E-state index < -0.39 is 28.6 Å². The number of nitro benzene ring substituents is 1. The van der Waals surface area contributed by atoms with Gasteiger partial charge in [0.25, 0.3) is 11.6 Å². The molecule has 0 saturated heterocycles. The van der Waals surface area contributed by atoms with E-state index in [1.807, 2.05) is 0 Å². The second kappa shape index (κ2) is 9.40. The lowest BCUT2D eigenvalue weighted by Crippen LogP contribution is -2.26. The molecule has 9 heteroatoms. The number of amides is 1. The number of nitrogens with one attached hydrogen (secondary N) is 1. The van der Waals surface area contributed by atoms with Gasteiger partial charge in [-0.3, -0.25) is 14.9 Å². The van der Waals surface area contributed by atoms with Gasteiger partial charge in [0, 0.05) is 23.4 Å². The Labute approximate surface area is 177 Å². The zero-order chi connectivity index (χ0) is 22.4. The topological polar surface area (TPSA) is 134 Å². The number of nitrogens with two attached hydrogens (primary N) is 1. The second-order valence-electron chi connectivity index (χ2n) is 6.45. The minimum atomic E-state index is -1.29. The number of hydrogen-bond acceptors (Lipinski definition) is 7. The van der Waals surface area contributed by atoms with E-state index in [0.717, 1.165) is 6.07 Å². The predicted octanol–water partition coefficient (Wildman–Crippen LogP) is 3.72. The molecule has 0 aromatic heterocycles. The van der Waals surface area contributed by atoms with Crippen molar-refractivity contribution in [3.8, 4) is 5.75 Å². The average Bonchev–Trinajstić information content (AvgIpc) is 2.78. The fraction of sp³-hybridized carbons (Fsp3) is 0.0909. The molecule has 0 aliphatic carbocycles. The van der Waals surface area contributed by atoms with Gasteiger partial charge in [-0.25, -0.2) is 4.79 Å². The van der Waals surface area contributed by atoms with Crippen molar-refractivity contribution in [3.63, 3.8) is 0 Å². The largest absolute Gasteiger partial charge is 0.497 e.